The molecule has 0 aromatic carbocycles. The maximum atomic E-state index is 8.96. The van der Waals surface area contributed by atoms with Crippen LogP contribution >= 0.6 is 0 Å². The Labute approximate surface area is 68.2 Å². The molecule has 0 aromatic heterocycles. The van der Waals surface area contributed by atoms with Gasteiger partial charge in [0.1, 0.15) is 0 Å². The van der Waals surface area contributed by atoms with Gasteiger partial charge in [-0.15, -0.1) is 0 Å². The van der Waals surface area contributed by atoms with Crippen LogP contribution in [0.5, 0.6) is 0 Å². The number of aliphatic hydroxyl groups is 1. The first-order valence-corrected chi connectivity index (χ1v) is 4.43. The molecule has 1 unspecified atom stereocenters. The SMILES string of the molecule is NCC(CO)N1CCCCC1. The first kappa shape index (κ1) is 8.97. The molecule has 1 rings (SSSR count). The summed E-state index contributed by atoms with van der Waals surface area (Å²) >= 11 is 0. The zero-order valence-electron chi connectivity index (χ0n) is 7.00. The zero-order valence-corrected chi connectivity index (χ0v) is 7.00. The quantitative estimate of drug-likeness (QED) is 0.597. The minimum Gasteiger partial charge on any atom is -0.395 e. The molecule has 0 saturated carbocycles. The summed E-state index contributed by atoms with van der Waals surface area (Å²) < 4.78 is 0. The molecule has 0 spiro atoms. The van der Waals surface area contributed by atoms with Crippen molar-refractivity contribution >= 4 is 0 Å². The molecule has 3 N–H and O–H groups in total. The van der Waals surface area contributed by atoms with Crippen molar-refractivity contribution in [2.45, 2.75) is 25.3 Å². The van der Waals surface area contributed by atoms with Crippen LogP contribution in [0.3, 0.4) is 0 Å². The Morgan fingerprint density at radius 3 is 2.36 bits per heavy atom. The molecule has 1 fully saturated rings. The van der Waals surface area contributed by atoms with E-state index in [4.69, 9.17) is 10.8 Å². The van der Waals surface area contributed by atoms with Crippen LogP contribution in [0, 0.1) is 0 Å². The fraction of sp³-hybridized carbons (Fsp3) is 1.00. The Kier molecular flexibility index (Phi) is 3.83. The van der Waals surface area contributed by atoms with Gasteiger partial charge in [0.2, 0.25) is 0 Å². The van der Waals surface area contributed by atoms with E-state index in [1.807, 2.05) is 0 Å². The van der Waals surface area contributed by atoms with Gasteiger partial charge in [0.05, 0.1) is 6.61 Å². The van der Waals surface area contributed by atoms with Crippen molar-refractivity contribution in [3.05, 3.63) is 0 Å². The van der Waals surface area contributed by atoms with E-state index in [2.05, 4.69) is 4.90 Å². The normalized spacial score (nSPS) is 23.5. The van der Waals surface area contributed by atoms with Gasteiger partial charge in [0, 0.05) is 12.6 Å². The summed E-state index contributed by atoms with van der Waals surface area (Å²) in [7, 11) is 0. The van der Waals surface area contributed by atoms with E-state index in [0.29, 0.717) is 6.54 Å². The van der Waals surface area contributed by atoms with Crippen molar-refractivity contribution in [2.24, 2.45) is 5.73 Å². The molecule has 3 nitrogen and oxygen atoms in total. The summed E-state index contributed by atoms with van der Waals surface area (Å²) in [5.74, 6) is 0. The smallest absolute Gasteiger partial charge is 0.0599 e. The van der Waals surface area contributed by atoms with E-state index in [1.165, 1.54) is 19.3 Å². The van der Waals surface area contributed by atoms with E-state index in [-0.39, 0.29) is 12.6 Å². The lowest BCUT2D eigenvalue weighted by Crippen LogP contribution is -2.45. The summed E-state index contributed by atoms with van der Waals surface area (Å²) in [4.78, 5) is 2.30. The van der Waals surface area contributed by atoms with Gasteiger partial charge >= 0.3 is 0 Å². The number of nitrogens with zero attached hydrogens (tertiary/aromatic N) is 1. The van der Waals surface area contributed by atoms with Gasteiger partial charge in [-0.1, -0.05) is 6.42 Å². The average molecular weight is 158 g/mol. The molecular formula is C8H18N2O. The maximum Gasteiger partial charge on any atom is 0.0599 e. The second kappa shape index (κ2) is 4.70. The van der Waals surface area contributed by atoms with Crippen molar-refractivity contribution < 1.29 is 5.11 Å². The highest BCUT2D eigenvalue weighted by atomic mass is 16.3. The lowest BCUT2D eigenvalue weighted by molar-refractivity contribution is 0.109. The predicted molar refractivity (Wildman–Crippen MR) is 45.4 cm³/mol. The number of nitrogens with two attached hydrogens (primary N) is 1. The van der Waals surface area contributed by atoms with Crippen molar-refractivity contribution in [3.63, 3.8) is 0 Å². The highest BCUT2D eigenvalue weighted by molar-refractivity contribution is 4.74. The summed E-state index contributed by atoms with van der Waals surface area (Å²) in [5, 5.41) is 8.96. The van der Waals surface area contributed by atoms with Crippen LogP contribution in [0.1, 0.15) is 19.3 Å². The maximum absolute atomic E-state index is 8.96. The van der Waals surface area contributed by atoms with Crippen molar-refractivity contribution in [1.29, 1.82) is 0 Å². The standard InChI is InChI=1S/C8H18N2O/c9-6-8(7-11)10-4-2-1-3-5-10/h8,11H,1-7,9H2. The Morgan fingerprint density at radius 2 is 1.91 bits per heavy atom. The molecule has 1 aliphatic rings. The monoisotopic (exact) mass is 158 g/mol. The minimum atomic E-state index is 0.204. The number of aliphatic hydroxyl groups excluding tert-OH is 1. The highest BCUT2D eigenvalue weighted by Crippen LogP contribution is 2.10. The van der Waals surface area contributed by atoms with Crippen LogP contribution in [0.15, 0.2) is 0 Å². The lowest BCUT2D eigenvalue weighted by Gasteiger charge is -2.32. The Morgan fingerprint density at radius 1 is 1.27 bits per heavy atom. The second-order valence-electron chi connectivity index (χ2n) is 3.17. The predicted octanol–water partition coefficient (Wildman–Crippen LogP) is -0.208. The number of hydrogen-bond donors (Lipinski definition) is 2. The molecule has 3 heteroatoms. The topological polar surface area (TPSA) is 49.5 Å². The minimum absolute atomic E-state index is 0.204. The number of piperidine rings is 1. The van der Waals surface area contributed by atoms with E-state index in [0.717, 1.165) is 13.1 Å². The van der Waals surface area contributed by atoms with Gasteiger partial charge in [-0.3, -0.25) is 4.90 Å². The van der Waals surface area contributed by atoms with Crippen LogP contribution in [-0.2, 0) is 0 Å². The van der Waals surface area contributed by atoms with E-state index >= 15 is 0 Å². The molecule has 1 heterocycles. The second-order valence-corrected chi connectivity index (χ2v) is 3.17. The third kappa shape index (κ3) is 2.43. The van der Waals surface area contributed by atoms with Crippen LogP contribution < -0.4 is 5.73 Å². The van der Waals surface area contributed by atoms with Crippen LogP contribution in [0.4, 0.5) is 0 Å². The summed E-state index contributed by atoms with van der Waals surface area (Å²) in [6.07, 6.45) is 3.85. The van der Waals surface area contributed by atoms with Crippen LogP contribution in [0.2, 0.25) is 0 Å². The molecule has 0 amide bonds. The third-order valence-corrected chi connectivity index (χ3v) is 2.39. The van der Waals surface area contributed by atoms with Crippen molar-refractivity contribution in [1.82, 2.24) is 4.90 Å². The van der Waals surface area contributed by atoms with E-state index < -0.39 is 0 Å². The largest absolute Gasteiger partial charge is 0.395 e. The van der Waals surface area contributed by atoms with Crippen molar-refractivity contribution in [2.75, 3.05) is 26.2 Å². The average Bonchev–Trinajstić information content (AvgIpc) is 2.09. The fourth-order valence-corrected chi connectivity index (χ4v) is 1.62. The Balaban J connectivity index is 2.30. The lowest BCUT2D eigenvalue weighted by atomic mass is 10.1. The summed E-state index contributed by atoms with van der Waals surface area (Å²) in [5.41, 5.74) is 5.51. The van der Waals surface area contributed by atoms with Gasteiger partial charge in [0.25, 0.3) is 0 Å². The van der Waals surface area contributed by atoms with Crippen LogP contribution in [0.25, 0.3) is 0 Å². The van der Waals surface area contributed by atoms with Gasteiger partial charge in [-0.25, -0.2) is 0 Å². The Bertz CT molecular complexity index is 98.3. The van der Waals surface area contributed by atoms with Gasteiger partial charge in [0.15, 0.2) is 0 Å². The molecule has 0 aromatic rings. The molecule has 0 radical (unpaired) electrons. The number of likely N-dealkylation sites (tertiary alicyclic amines) is 1. The first-order chi connectivity index (χ1) is 5.38. The molecule has 11 heavy (non-hydrogen) atoms. The molecule has 0 bridgehead atoms. The molecule has 1 aliphatic heterocycles. The summed E-state index contributed by atoms with van der Waals surface area (Å²) in [6.45, 7) is 3.01. The molecule has 1 atom stereocenters. The molecule has 1 saturated heterocycles. The molecular weight excluding hydrogens is 140 g/mol. The molecule has 0 aliphatic carbocycles. The van der Waals surface area contributed by atoms with E-state index in [9.17, 15) is 0 Å². The van der Waals surface area contributed by atoms with Crippen LogP contribution in [-0.4, -0.2) is 42.3 Å². The van der Waals surface area contributed by atoms with Gasteiger partial charge in [-0.05, 0) is 25.9 Å². The zero-order chi connectivity index (χ0) is 8.10. The van der Waals surface area contributed by atoms with Gasteiger partial charge < -0.3 is 10.8 Å². The number of rotatable bonds is 3. The number of hydrogen-bond acceptors (Lipinski definition) is 3. The molecule has 66 valence electrons. The van der Waals surface area contributed by atoms with Gasteiger partial charge in [-0.2, -0.15) is 0 Å². The highest BCUT2D eigenvalue weighted by Gasteiger charge is 2.17. The van der Waals surface area contributed by atoms with E-state index in [1.54, 1.807) is 0 Å². The third-order valence-electron chi connectivity index (χ3n) is 2.39. The Hall–Kier alpha value is -0.120. The summed E-state index contributed by atoms with van der Waals surface area (Å²) in [6, 6.07) is 0.204. The van der Waals surface area contributed by atoms with Crippen molar-refractivity contribution in [3.8, 4) is 0 Å². The first-order valence-electron chi connectivity index (χ1n) is 4.43. The fourth-order valence-electron chi connectivity index (χ4n) is 1.62.